The van der Waals surface area contributed by atoms with Gasteiger partial charge < -0.3 is 13.4 Å². The fraction of sp³-hybridized carbons (Fsp3) is 0. The van der Waals surface area contributed by atoms with Gasteiger partial charge in [-0.05, 0) is 95.1 Å². The summed E-state index contributed by atoms with van der Waals surface area (Å²) in [5.74, 6) is 1.69. The predicted octanol–water partition coefficient (Wildman–Crippen LogP) is 15.1. The van der Waals surface area contributed by atoms with Crippen molar-refractivity contribution in [2.24, 2.45) is 0 Å². The Balaban J connectivity index is 0.910. The second-order valence-electron chi connectivity index (χ2n) is 16.0. The SMILES string of the molecule is c1ccc(-c2ccc(-c3nc(-c4ccc5c(c4)oc4ccccc45)nc(-c4ccc5c(c4)oc4ccc(-c6ccc7c(c6)c6ccccc6n7-c6ccccc6)cc45)n3)cc2)cc1. The molecule has 0 saturated carbocycles. The first-order chi connectivity index (χ1) is 31.2. The van der Waals surface area contributed by atoms with Crippen LogP contribution in [0.25, 0.3) is 128 Å². The normalized spacial score (nSPS) is 11.8. The Morgan fingerprint density at radius 1 is 0.270 bits per heavy atom. The summed E-state index contributed by atoms with van der Waals surface area (Å²) >= 11 is 0. The molecule has 0 bridgehead atoms. The largest absolute Gasteiger partial charge is 0.456 e. The Morgan fingerprint density at radius 2 is 0.730 bits per heavy atom. The molecular weight excluding hydrogens is 773 g/mol. The standard InChI is InChI=1S/C57H34N4O2/c1-3-11-35(12-4-1)36-19-21-37(22-20-36)55-58-56(40-23-27-45-44-16-8-10-18-51(44)62-53(45)33-40)60-57(59-55)41-24-28-46-48-32-39(26-30-52(48)63-54(46)34-41)38-25-29-50-47(31-38)43-15-7-9-17-49(43)61(50)42-13-5-2-6-14-42/h1-34H. The molecule has 0 spiro atoms. The highest BCUT2D eigenvalue weighted by Gasteiger charge is 2.18. The minimum Gasteiger partial charge on any atom is -0.456 e. The van der Waals surface area contributed by atoms with Crippen molar-refractivity contribution >= 4 is 65.7 Å². The van der Waals surface area contributed by atoms with Gasteiger partial charge in [-0.3, -0.25) is 0 Å². The lowest BCUT2D eigenvalue weighted by Crippen LogP contribution is -2.00. The Morgan fingerprint density at radius 3 is 1.44 bits per heavy atom. The average Bonchev–Trinajstić information content (AvgIpc) is 4.03. The van der Waals surface area contributed by atoms with Crippen LogP contribution in [-0.2, 0) is 0 Å². The Labute approximate surface area is 361 Å². The summed E-state index contributed by atoms with van der Waals surface area (Å²) < 4.78 is 15.2. The van der Waals surface area contributed by atoms with Crippen LogP contribution in [0.15, 0.2) is 215 Å². The van der Waals surface area contributed by atoms with E-state index < -0.39 is 0 Å². The number of fused-ring (bicyclic) bond motifs is 9. The lowest BCUT2D eigenvalue weighted by Gasteiger charge is -2.09. The van der Waals surface area contributed by atoms with Crippen molar-refractivity contribution in [2.45, 2.75) is 0 Å². The third-order valence-corrected chi connectivity index (χ3v) is 12.3. The lowest BCUT2D eigenvalue weighted by atomic mass is 10.0. The molecule has 0 unspecified atom stereocenters. The van der Waals surface area contributed by atoms with Crippen molar-refractivity contribution in [3.63, 3.8) is 0 Å². The van der Waals surface area contributed by atoms with Gasteiger partial charge in [0, 0.05) is 54.7 Å². The van der Waals surface area contributed by atoms with Gasteiger partial charge in [-0.15, -0.1) is 0 Å². The van der Waals surface area contributed by atoms with Crippen LogP contribution >= 0.6 is 0 Å². The zero-order valence-corrected chi connectivity index (χ0v) is 33.7. The van der Waals surface area contributed by atoms with Crippen molar-refractivity contribution in [3.8, 4) is 62.1 Å². The minimum atomic E-state index is 0.554. The van der Waals surface area contributed by atoms with Gasteiger partial charge in [0.1, 0.15) is 22.3 Å². The molecule has 4 aromatic heterocycles. The topological polar surface area (TPSA) is 69.9 Å². The Hall–Kier alpha value is -8.61. The molecule has 4 heterocycles. The molecule has 63 heavy (non-hydrogen) atoms. The van der Waals surface area contributed by atoms with Gasteiger partial charge >= 0.3 is 0 Å². The molecule has 0 N–H and O–H groups in total. The summed E-state index contributed by atoms with van der Waals surface area (Å²) in [5, 5.41) is 6.65. The van der Waals surface area contributed by atoms with Crippen molar-refractivity contribution < 1.29 is 8.83 Å². The number of hydrogen-bond acceptors (Lipinski definition) is 5. The van der Waals surface area contributed by atoms with Gasteiger partial charge in [-0.2, -0.15) is 0 Å². The van der Waals surface area contributed by atoms with E-state index in [2.05, 4.69) is 174 Å². The number of rotatable bonds is 6. The molecule has 13 rings (SSSR count). The highest BCUT2D eigenvalue weighted by atomic mass is 16.3. The maximum atomic E-state index is 6.56. The van der Waals surface area contributed by atoms with Crippen LogP contribution in [0, 0.1) is 0 Å². The molecule has 6 heteroatoms. The van der Waals surface area contributed by atoms with Crippen LogP contribution in [0.5, 0.6) is 0 Å². The number of para-hydroxylation sites is 3. The molecule has 0 aliphatic heterocycles. The van der Waals surface area contributed by atoms with Crippen LogP contribution in [-0.4, -0.2) is 19.5 Å². The number of benzene rings is 9. The van der Waals surface area contributed by atoms with E-state index in [1.807, 2.05) is 36.4 Å². The van der Waals surface area contributed by atoms with Crippen molar-refractivity contribution in [2.75, 3.05) is 0 Å². The van der Waals surface area contributed by atoms with Crippen LogP contribution in [0.1, 0.15) is 0 Å². The zero-order valence-electron chi connectivity index (χ0n) is 33.7. The summed E-state index contributed by atoms with van der Waals surface area (Å²) in [6.07, 6.45) is 0. The molecule has 294 valence electrons. The summed E-state index contributed by atoms with van der Waals surface area (Å²) in [5.41, 5.74) is 13.8. The highest BCUT2D eigenvalue weighted by molar-refractivity contribution is 6.12. The number of furan rings is 2. The highest BCUT2D eigenvalue weighted by Crippen LogP contribution is 2.39. The predicted molar refractivity (Wildman–Crippen MR) is 256 cm³/mol. The van der Waals surface area contributed by atoms with Gasteiger partial charge in [0.2, 0.25) is 0 Å². The zero-order chi connectivity index (χ0) is 41.4. The fourth-order valence-electron chi connectivity index (χ4n) is 9.17. The quantitative estimate of drug-likeness (QED) is 0.167. The second-order valence-corrected chi connectivity index (χ2v) is 16.0. The molecule has 0 aliphatic rings. The summed E-state index contributed by atoms with van der Waals surface area (Å²) in [6.45, 7) is 0. The van der Waals surface area contributed by atoms with Gasteiger partial charge in [-0.25, -0.2) is 15.0 Å². The van der Waals surface area contributed by atoms with Crippen LogP contribution in [0.4, 0.5) is 0 Å². The summed E-state index contributed by atoms with van der Waals surface area (Å²) in [7, 11) is 0. The van der Waals surface area contributed by atoms with Gasteiger partial charge in [0.15, 0.2) is 17.5 Å². The molecule has 0 aliphatic carbocycles. The molecule has 0 atom stereocenters. The van der Waals surface area contributed by atoms with E-state index in [0.717, 1.165) is 88.5 Å². The molecule has 9 aromatic carbocycles. The minimum absolute atomic E-state index is 0.554. The third-order valence-electron chi connectivity index (χ3n) is 12.3. The number of nitrogens with zero attached hydrogens (tertiary/aromatic N) is 4. The molecule has 0 radical (unpaired) electrons. The molecule has 0 fully saturated rings. The average molecular weight is 807 g/mol. The van der Waals surface area contributed by atoms with Crippen molar-refractivity contribution in [3.05, 3.63) is 206 Å². The molecule has 0 saturated heterocycles. The van der Waals surface area contributed by atoms with Crippen LogP contribution in [0.3, 0.4) is 0 Å². The smallest absolute Gasteiger partial charge is 0.164 e. The van der Waals surface area contributed by atoms with E-state index in [4.69, 9.17) is 23.8 Å². The first kappa shape index (κ1) is 35.2. The van der Waals surface area contributed by atoms with E-state index in [9.17, 15) is 0 Å². The van der Waals surface area contributed by atoms with E-state index in [1.54, 1.807) is 0 Å². The third kappa shape index (κ3) is 5.84. The van der Waals surface area contributed by atoms with Gasteiger partial charge in [0.25, 0.3) is 0 Å². The Kier molecular flexibility index (Phi) is 7.80. The molecule has 13 aromatic rings. The van der Waals surface area contributed by atoms with E-state index in [-0.39, 0.29) is 0 Å². The first-order valence-corrected chi connectivity index (χ1v) is 21.1. The van der Waals surface area contributed by atoms with Gasteiger partial charge in [0.05, 0.1) is 11.0 Å². The van der Waals surface area contributed by atoms with Crippen molar-refractivity contribution in [1.29, 1.82) is 0 Å². The maximum absolute atomic E-state index is 6.56. The first-order valence-electron chi connectivity index (χ1n) is 21.1. The number of aromatic nitrogens is 4. The van der Waals surface area contributed by atoms with Crippen LogP contribution in [0.2, 0.25) is 0 Å². The molecule has 0 amide bonds. The lowest BCUT2D eigenvalue weighted by molar-refractivity contribution is 0.668. The van der Waals surface area contributed by atoms with Crippen molar-refractivity contribution in [1.82, 2.24) is 19.5 Å². The molecule has 6 nitrogen and oxygen atoms in total. The van der Waals surface area contributed by atoms with Crippen LogP contribution < -0.4 is 0 Å². The van der Waals surface area contributed by atoms with E-state index >= 15 is 0 Å². The second kappa shape index (κ2) is 14.0. The van der Waals surface area contributed by atoms with Gasteiger partial charge in [-0.1, -0.05) is 133 Å². The summed E-state index contributed by atoms with van der Waals surface area (Å²) in [6, 6.07) is 71.7. The fourth-order valence-corrected chi connectivity index (χ4v) is 9.17. The summed E-state index contributed by atoms with van der Waals surface area (Å²) in [4.78, 5) is 15.3. The molecular formula is C57H34N4O2. The maximum Gasteiger partial charge on any atom is 0.164 e. The number of hydrogen-bond donors (Lipinski definition) is 0. The monoisotopic (exact) mass is 806 g/mol. The Bertz CT molecular complexity index is 3900. The van der Waals surface area contributed by atoms with E-state index in [1.165, 1.54) is 21.8 Å². The van der Waals surface area contributed by atoms with E-state index in [0.29, 0.717) is 17.5 Å².